The van der Waals surface area contributed by atoms with Gasteiger partial charge in [-0.05, 0) is 54.9 Å². The van der Waals surface area contributed by atoms with Crippen LogP contribution in [0.15, 0.2) is 52.2 Å². The summed E-state index contributed by atoms with van der Waals surface area (Å²) in [6, 6.07) is 12.1. The molecule has 120 valence electrons. The lowest BCUT2D eigenvalue weighted by atomic mass is 10.2. The van der Waals surface area contributed by atoms with Crippen LogP contribution in [0.1, 0.15) is 24.2 Å². The van der Waals surface area contributed by atoms with E-state index < -0.39 is 0 Å². The maximum Gasteiger partial charge on any atom is 0.187 e. The van der Waals surface area contributed by atoms with E-state index in [1.807, 2.05) is 12.1 Å². The van der Waals surface area contributed by atoms with Gasteiger partial charge in [0.15, 0.2) is 5.11 Å². The second-order valence-electron chi connectivity index (χ2n) is 5.42. The first-order chi connectivity index (χ1) is 11.3. The summed E-state index contributed by atoms with van der Waals surface area (Å²) in [5, 5.41) is 7.63. The molecule has 1 aromatic carbocycles. The van der Waals surface area contributed by atoms with Gasteiger partial charge in [0, 0.05) is 18.8 Å². The summed E-state index contributed by atoms with van der Waals surface area (Å²) >= 11 is 5.15. The van der Waals surface area contributed by atoms with Crippen molar-refractivity contribution in [1.29, 1.82) is 0 Å². The zero-order valence-electron chi connectivity index (χ0n) is 12.9. The van der Waals surface area contributed by atoms with Crippen molar-refractivity contribution in [3.05, 3.63) is 54.0 Å². The number of hydrogen-bond acceptors (Lipinski definition) is 4. The minimum atomic E-state index is 0.464. The highest BCUT2D eigenvalue weighted by atomic mass is 32.1. The summed E-state index contributed by atoms with van der Waals surface area (Å²) in [4.78, 5) is 2.41. The van der Waals surface area contributed by atoms with E-state index in [0.29, 0.717) is 11.7 Å². The Kier molecular flexibility index (Phi) is 5.26. The number of furan rings is 1. The Morgan fingerprint density at radius 1 is 1.22 bits per heavy atom. The monoisotopic (exact) mass is 328 g/mol. The molecule has 0 amide bonds. The topological polar surface area (TPSA) is 52.8 Å². The van der Waals surface area contributed by atoms with E-state index in [1.165, 1.54) is 18.5 Å². The largest absolute Gasteiger partial charge is 0.467 e. The number of hydrogen-bond donors (Lipinski definition) is 2. The van der Waals surface area contributed by atoms with Crippen LogP contribution in [0.4, 0.5) is 5.69 Å². The molecule has 3 rings (SSSR count). The lowest BCUT2D eigenvalue weighted by Gasteiger charge is -2.17. The molecule has 0 unspecified atom stereocenters. The molecule has 23 heavy (non-hydrogen) atoms. The zero-order chi connectivity index (χ0) is 15.9. The van der Waals surface area contributed by atoms with Crippen molar-refractivity contribution >= 4 is 29.2 Å². The molecule has 0 bridgehead atoms. The first kappa shape index (κ1) is 15.6. The number of rotatable bonds is 5. The third kappa shape index (κ3) is 4.56. The molecule has 1 aromatic heterocycles. The highest BCUT2D eigenvalue weighted by molar-refractivity contribution is 7.80. The summed E-state index contributed by atoms with van der Waals surface area (Å²) in [6.45, 7) is 2.86. The van der Waals surface area contributed by atoms with Crippen molar-refractivity contribution in [2.24, 2.45) is 5.10 Å². The summed E-state index contributed by atoms with van der Waals surface area (Å²) < 4.78 is 5.22. The highest BCUT2D eigenvalue weighted by Gasteiger charge is 2.11. The van der Waals surface area contributed by atoms with E-state index in [-0.39, 0.29) is 0 Å². The van der Waals surface area contributed by atoms with Gasteiger partial charge in [-0.15, -0.1) is 0 Å². The zero-order valence-corrected chi connectivity index (χ0v) is 13.7. The molecule has 0 aliphatic carbocycles. The number of hydrazone groups is 1. The van der Waals surface area contributed by atoms with Gasteiger partial charge in [0.2, 0.25) is 0 Å². The number of thiocarbonyl (C=S) groups is 1. The Morgan fingerprint density at radius 2 is 2.00 bits per heavy atom. The lowest BCUT2D eigenvalue weighted by Crippen LogP contribution is -2.31. The summed E-state index contributed by atoms with van der Waals surface area (Å²) in [5.41, 5.74) is 5.12. The van der Waals surface area contributed by atoms with Gasteiger partial charge < -0.3 is 14.6 Å². The minimum Gasteiger partial charge on any atom is -0.467 e. The van der Waals surface area contributed by atoms with Gasteiger partial charge in [-0.3, -0.25) is 5.43 Å². The standard InChI is InChI=1S/C17H20N4OS/c23-17(18-13-16-4-3-11-22-16)20-19-12-14-5-7-15(8-6-14)21-9-1-2-10-21/h3-8,11-12H,1-2,9-10,13H2,(H2,18,20,23)/b19-12+. The molecule has 1 aliphatic rings. The summed E-state index contributed by atoms with van der Waals surface area (Å²) in [7, 11) is 0. The van der Waals surface area contributed by atoms with Gasteiger partial charge in [0.05, 0.1) is 19.0 Å². The molecule has 1 fully saturated rings. The van der Waals surface area contributed by atoms with Crippen LogP contribution in [-0.2, 0) is 6.54 Å². The average molecular weight is 328 g/mol. The molecule has 6 heteroatoms. The Bertz CT molecular complexity index is 646. The van der Waals surface area contributed by atoms with Crippen molar-refractivity contribution in [3.63, 3.8) is 0 Å². The van der Waals surface area contributed by atoms with Crippen molar-refractivity contribution < 1.29 is 4.42 Å². The molecular formula is C17H20N4OS. The van der Waals surface area contributed by atoms with Gasteiger partial charge in [-0.2, -0.15) is 5.10 Å². The molecule has 0 radical (unpaired) electrons. The molecule has 1 aliphatic heterocycles. The number of anilines is 1. The number of nitrogens with one attached hydrogen (secondary N) is 2. The van der Waals surface area contributed by atoms with Gasteiger partial charge >= 0.3 is 0 Å². The van der Waals surface area contributed by atoms with Crippen LogP contribution in [0.3, 0.4) is 0 Å². The smallest absolute Gasteiger partial charge is 0.187 e. The Labute approximate surface area is 141 Å². The van der Waals surface area contributed by atoms with E-state index in [9.17, 15) is 0 Å². The maximum absolute atomic E-state index is 5.22. The lowest BCUT2D eigenvalue weighted by molar-refractivity contribution is 0.502. The van der Waals surface area contributed by atoms with Crippen LogP contribution in [0.2, 0.25) is 0 Å². The second-order valence-corrected chi connectivity index (χ2v) is 5.83. The van der Waals surface area contributed by atoms with E-state index in [1.54, 1.807) is 12.5 Å². The molecule has 2 heterocycles. The predicted molar refractivity (Wildman–Crippen MR) is 96.8 cm³/mol. The SMILES string of the molecule is S=C(NCc1ccco1)N/N=C/c1ccc(N2CCCC2)cc1. The average Bonchev–Trinajstić information content (AvgIpc) is 3.27. The Morgan fingerprint density at radius 3 is 2.70 bits per heavy atom. The van der Waals surface area contributed by atoms with Gasteiger partial charge in [-0.25, -0.2) is 0 Å². The minimum absolute atomic E-state index is 0.464. The molecule has 0 atom stereocenters. The highest BCUT2D eigenvalue weighted by Crippen LogP contribution is 2.19. The first-order valence-electron chi connectivity index (χ1n) is 7.75. The third-order valence-electron chi connectivity index (χ3n) is 3.75. The predicted octanol–water partition coefficient (Wildman–Crippen LogP) is 2.88. The third-order valence-corrected chi connectivity index (χ3v) is 3.98. The Hall–Kier alpha value is -2.34. The van der Waals surface area contributed by atoms with Crippen molar-refractivity contribution in [2.45, 2.75) is 19.4 Å². The van der Waals surface area contributed by atoms with Crippen LogP contribution < -0.4 is 15.6 Å². The quantitative estimate of drug-likeness (QED) is 0.502. The molecule has 0 spiro atoms. The second kappa shape index (κ2) is 7.78. The molecule has 1 saturated heterocycles. The van der Waals surface area contributed by atoms with E-state index >= 15 is 0 Å². The fourth-order valence-electron chi connectivity index (χ4n) is 2.53. The summed E-state index contributed by atoms with van der Waals surface area (Å²) in [6.07, 6.45) is 5.97. The molecular weight excluding hydrogens is 308 g/mol. The first-order valence-corrected chi connectivity index (χ1v) is 8.16. The molecule has 0 saturated carbocycles. The van der Waals surface area contributed by atoms with Crippen LogP contribution in [-0.4, -0.2) is 24.4 Å². The number of benzene rings is 1. The van der Waals surface area contributed by atoms with Crippen LogP contribution in [0.5, 0.6) is 0 Å². The summed E-state index contributed by atoms with van der Waals surface area (Å²) in [5.74, 6) is 0.829. The fourth-order valence-corrected chi connectivity index (χ4v) is 2.66. The van der Waals surface area contributed by atoms with Crippen LogP contribution in [0, 0.1) is 0 Å². The van der Waals surface area contributed by atoms with E-state index in [4.69, 9.17) is 16.6 Å². The molecule has 2 aromatic rings. The molecule has 2 N–H and O–H groups in total. The normalized spacial score (nSPS) is 14.3. The van der Waals surface area contributed by atoms with E-state index in [2.05, 4.69) is 45.0 Å². The van der Waals surface area contributed by atoms with Crippen molar-refractivity contribution in [1.82, 2.24) is 10.7 Å². The van der Waals surface area contributed by atoms with Gasteiger partial charge in [-0.1, -0.05) is 12.1 Å². The maximum atomic E-state index is 5.22. The van der Waals surface area contributed by atoms with Crippen molar-refractivity contribution in [3.8, 4) is 0 Å². The molecule has 5 nitrogen and oxygen atoms in total. The van der Waals surface area contributed by atoms with Crippen molar-refractivity contribution in [2.75, 3.05) is 18.0 Å². The Balaban J connectivity index is 1.44. The van der Waals surface area contributed by atoms with Gasteiger partial charge in [0.25, 0.3) is 0 Å². The van der Waals surface area contributed by atoms with Crippen LogP contribution in [0.25, 0.3) is 0 Å². The van der Waals surface area contributed by atoms with Gasteiger partial charge in [0.1, 0.15) is 5.76 Å². The van der Waals surface area contributed by atoms with E-state index in [0.717, 1.165) is 24.4 Å². The van der Waals surface area contributed by atoms with Crippen LogP contribution >= 0.6 is 12.2 Å². The number of nitrogens with zero attached hydrogens (tertiary/aromatic N) is 2. The fraction of sp³-hybridized carbons (Fsp3) is 0.294.